The molecule has 2 aromatic heterocycles. The molecule has 7 nitrogen and oxygen atoms in total. The van der Waals surface area contributed by atoms with Gasteiger partial charge in [-0.15, -0.1) is 11.3 Å². The van der Waals surface area contributed by atoms with E-state index in [1.54, 1.807) is 28.9 Å². The monoisotopic (exact) mass is 374 g/mol. The van der Waals surface area contributed by atoms with Crippen molar-refractivity contribution in [3.63, 3.8) is 0 Å². The van der Waals surface area contributed by atoms with Gasteiger partial charge < -0.3 is 14.2 Å². The lowest BCUT2D eigenvalue weighted by atomic mass is 10.1. The topological polar surface area (TPSA) is 79.7 Å². The lowest BCUT2D eigenvalue weighted by Gasteiger charge is -2.09. The molecule has 0 fully saturated rings. The second kappa shape index (κ2) is 7.17. The molecular formula is C18H18N2O5S. The molecule has 0 unspecified atom stereocenters. The summed E-state index contributed by atoms with van der Waals surface area (Å²) in [4.78, 5) is 26.0. The van der Waals surface area contributed by atoms with E-state index < -0.39 is 5.97 Å². The van der Waals surface area contributed by atoms with E-state index in [1.807, 2.05) is 14.0 Å². The highest BCUT2D eigenvalue weighted by molar-refractivity contribution is 7.20. The molecule has 0 saturated heterocycles. The van der Waals surface area contributed by atoms with E-state index in [0.29, 0.717) is 21.9 Å². The molecule has 0 saturated carbocycles. The molecule has 0 spiro atoms. The van der Waals surface area contributed by atoms with Crippen molar-refractivity contribution >= 4 is 33.3 Å². The SMILES string of the molecule is COc1ccc(C(=O)COC(=O)c2cc3c(C)nn(C)c3s2)c(OC)c1. The van der Waals surface area contributed by atoms with Gasteiger partial charge in [0.25, 0.3) is 0 Å². The second-order valence-electron chi connectivity index (χ2n) is 5.60. The van der Waals surface area contributed by atoms with Gasteiger partial charge in [-0.3, -0.25) is 9.48 Å². The third-order valence-corrected chi connectivity index (χ3v) is 5.12. The summed E-state index contributed by atoms with van der Waals surface area (Å²) in [5, 5.41) is 5.20. The van der Waals surface area contributed by atoms with Gasteiger partial charge in [-0.1, -0.05) is 0 Å². The van der Waals surface area contributed by atoms with Crippen LogP contribution in [-0.4, -0.2) is 42.4 Å². The van der Waals surface area contributed by atoms with Crippen molar-refractivity contribution in [1.82, 2.24) is 9.78 Å². The third kappa shape index (κ3) is 3.28. The maximum absolute atomic E-state index is 12.4. The predicted molar refractivity (Wildman–Crippen MR) is 97.5 cm³/mol. The van der Waals surface area contributed by atoms with E-state index in [1.165, 1.54) is 25.6 Å². The lowest BCUT2D eigenvalue weighted by molar-refractivity contribution is 0.0479. The molecule has 2 heterocycles. The molecule has 8 heteroatoms. The normalized spacial score (nSPS) is 10.8. The number of benzene rings is 1. The summed E-state index contributed by atoms with van der Waals surface area (Å²) in [7, 11) is 4.81. The number of hydrogen-bond donors (Lipinski definition) is 0. The van der Waals surface area contributed by atoms with Gasteiger partial charge in [0.2, 0.25) is 5.78 Å². The Morgan fingerprint density at radius 1 is 1.19 bits per heavy atom. The van der Waals surface area contributed by atoms with Gasteiger partial charge in [0.1, 0.15) is 21.2 Å². The smallest absolute Gasteiger partial charge is 0.348 e. The maximum Gasteiger partial charge on any atom is 0.348 e. The standard InChI is InChI=1S/C18H18N2O5S/c1-10-13-8-16(26-17(13)20(2)19-10)18(22)25-9-14(21)12-6-5-11(23-3)7-15(12)24-4/h5-8H,9H2,1-4H3. The summed E-state index contributed by atoms with van der Waals surface area (Å²) < 4.78 is 17.2. The Hall–Kier alpha value is -2.87. The average Bonchev–Trinajstić information content (AvgIpc) is 3.20. The van der Waals surface area contributed by atoms with Crippen LogP contribution in [0, 0.1) is 6.92 Å². The van der Waals surface area contributed by atoms with Gasteiger partial charge in [-0.25, -0.2) is 4.79 Å². The molecule has 3 rings (SSSR count). The average molecular weight is 374 g/mol. The number of ketones is 1. The molecule has 0 radical (unpaired) electrons. The van der Waals surface area contributed by atoms with Crippen LogP contribution in [0.1, 0.15) is 25.7 Å². The molecule has 0 aliphatic carbocycles. The molecule has 0 atom stereocenters. The van der Waals surface area contributed by atoms with Crippen molar-refractivity contribution in [2.24, 2.45) is 7.05 Å². The maximum atomic E-state index is 12.4. The number of thiophene rings is 1. The number of methoxy groups -OCH3 is 2. The number of aromatic nitrogens is 2. The number of carbonyl (C=O) groups is 2. The van der Waals surface area contributed by atoms with Gasteiger partial charge in [-0.05, 0) is 25.1 Å². The summed E-state index contributed by atoms with van der Waals surface area (Å²) in [6, 6.07) is 6.58. The molecular weight excluding hydrogens is 356 g/mol. The summed E-state index contributed by atoms with van der Waals surface area (Å²) in [5.41, 5.74) is 1.18. The molecule has 0 aliphatic heterocycles. The first-order valence-corrected chi connectivity index (χ1v) is 8.61. The minimum atomic E-state index is -0.536. The fourth-order valence-corrected chi connectivity index (χ4v) is 3.63. The summed E-state index contributed by atoms with van der Waals surface area (Å²) in [6.45, 7) is 1.51. The van der Waals surface area contributed by atoms with Gasteiger partial charge in [0, 0.05) is 18.5 Å². The molecule has 0 aliphatic rings. The molecule has 26 heavy (non-hydrogen) atoms. The van der Waals surface area contributed by atoms with Gasteiger partial charge in [0.05, 0.1) is 25.5 Å². The minimum Gasteiger partial charge on any atom is -0.497 e. The van der Waals surface area contributed by atoms with Crippen LogP contribution in [0.2, 0.25) is 0 Å². The van der Waals surface area contributed by atoms with Crippen LogP contribution >= 0.6 is 11.3 Å². The molecule has 1 aromatic carbocycles. The zero-order valence-corrected chi connectivity index (χ0v) is 15.7. The summed E-state index contributed by atoms with van der Waals surface area (Å²) >= 11 is 1.29. The summed E-state index contributed by atoms with van der Waals surface area (Å²) in [6.07, 6.45) is 0. The Labute approximate surface area is 154 Å². The quantitative estimate of drug-likeness (QED) is 0.487. The largest absolute Gasteiger partial charge is 0.497 e. The van der Waals surface area contributed by atoms with Crippen molar-refractivity contribution in [2.45, 2.75) is 6.92 Å². The van der Waals surface area contributed by atoms with E-state index in [-0.39, 0.29) is 12.4 Å². The Balaban J connectivity index is 1.72. The van der Waals surface area contributed by atoms with Crippen LogP contribution < -0.4 is 9.47 Å². The van der Waals surface area contributed by atoms with Crippen molar-refractivity contribution in [3.05, 3.63) is 40.4 Å². The fraction of sp³-hybridized carbons (Fsp3) is 0.278. The highest BCUT2D eigenvalue weighted by atomic mass is 32.1. The molecule has 136 valence electrons. The van der Waals surface area contributed by atoms with Gasteiger partial charge >= 0.3 is 5.97 Å². The van der Waals surface area contributed by atoms with E-state index in [4.69, 9.17) is 14.2 Å². The van der Waals surface area contributed by atoms with Crippen LogP contribution in [-0.2, 0) is 11.8 Å². The zero-order chi connectivity index (χ0) is 18.8. The molecule has 0 N–H and O–H groups in total. The number of fused-ring (bicyclic) bond motifs is 1. The highest BCUT2D eigenvalue weighted by Crippen LogP contribution is 2.28. The minimum absolute atomic E-state index is 0.331. The number of carbonyl (C=O) groups excluding carboxylic acids is 2. The van der Waals surface area contributed by atoms with E-state index in [2.05, 4.69) is 5.10 Å². The first-order chi connectivity index (χ1) is 12.4. The number of Topliss-reactive ketones (excluding diaryl/α,β-unsaturated/α-hetero) is 1. The van der Waals surface area contributed by atoms with E-state index in [9.17, 15) is 9.59 Å². The Morgan fingerprint density at radius 2 is 1.96 bits per heavy atom. The summed E-state index contributed by atoms with van der Waals surface area (Å²) in [5.74, 6) is 0.0573. The van der Waals surface area contributed by atoms with E-state index in [0.717, 1.165) is 15.9 Å². The lowest BCUT2D eigenvalue weighted by Crippen LogP contribution is -2.14. The predicted octanol–water partition coefficient (Wildman–Crippen LogP) is 3.00. The van der Waals surface area contributed by atoms with Crippen molar-refractivity contribution in [1.29, 1.82) is 0 Å². The van der Waals surface area contributed by atoms with Crippen molar-refractivity contribution in [2.75, 3.05) is 20.8 Å². The Kier molecular flexibility index (Phi) is 4.94. The number of rotatable bonds is 6. The third-order valence-electron chi connectivity index (χ3n) is 3.94. The highest BCUT2D eigenvalue weighted by Gasteiger charge is 2.19. The number of hydrogen-bond acceptors (Lipinski definition) is 7. The molecule has 0 amide bonds. The fourth-order valence-electron chi connectivity index (χ4n) is 2.61. The zero-order valence-electron chi connectivity index (χ0n) is 14.9. The first kappa shape index (κ1) is 17.9. The number of esters is 1. The molecule has 0 bridgehead atoms. The van der Waals surface area contributed by atoms with Crippen LogP contribution in [0.3, 0.4) is 0 Å². The van der Waals surface area contributed by atoms with E-state index >= 15 is 0 Å². The van der Waals surface area contributed by atoms with Crippen LogP contribution in [0.5, 0.6) is 11.5 Å². The van der Waals surface area contributed by atoms with Crippen molar-refractivity contribution in [3.8, 4) is 11.5 Å². The van der Waals surface area contributed by atoms with Crippen LogP contribution in [0.4, 0.5) is 0 Å². The number of nitrogens with zero attached hydrogens (tertiary/aromatic N) is 2. The van der Waals surface area contributed by atoms with Crippen molar-refractivity contribution < 1.29 is 23.8 Å². The Bertz CT molecular complexity index is 955. The number of aryl methyl sites for hydroxylation is 2. The second-order valence-corrected chi connectivity index (χ2v) is 6.63. The molecule has 3 aromatic rings. The Morgan fingerprint density at radius 3 is 2.62 bits per heavy atom. The van der Waals surface area contributed by atoms with Gasteiger partial charge in [0.15, 0.2) is 6.61 Å². The number of ether oxygens (including phenoxy) is 3. The van der Waals surface area contributed by atoms with Gasteiger partial charge in [-0.2, -0.15) is 5.10 Å². The van der Waals surface area contributed by atoms with Crippen LogP contribution in [0.15, 0.2) is 24.3 Å². The van der Waals surface area contributed by atoms with Crippen LogP contribution in [0.25, 0.3) is 10.2 Å². The first-order valence-electron chi connectivity index (χ1n) is 7.80.